The van der Waals surface area contributed by atoms with Crippen LogP contribution in [0.2, 0.25) is 0 Å². The quantitative estimate of drug-likeness (QED) is 0.504. The van der Waals surface area contributed by atoms with Crippen molar-refractivity contribution in [1.82, 2.24) is 9.62 Å². The molecule has 0 radical (unpaired) electrons. The van der Waals surface area contributed by atoms with Crippen LogP contribution >= 0.6 is 0 Å². The molecule has 0 spiro atoms. The van der Waals surface area contributed by atoms with Crippen LogP contribution in [0.25, 0.3) is 0 Å². The monoisotopic (exact) mass is 286 g/mol. The number of hydrogen-bond donors (Lipinski definition) is 3. The Hall–Kier alpha value is -1.15. The van der Waals surface area contributed by atoms with Gasteiger partial charge in [-0.15, -0.1) is 0 Å². The molecule has 1 rings (SSSR count). The number of hydrazine groups is 1. The lowest BCUT2D eigenvalue weighted by Crippen LogP contribution is -2.36. The van der Waals surface area contributed by atoms with Crippen LogP contribution in [0.15, 0.2) is 29.2 Å². The normalized spacial score (nSPS) is 12.1. The van der Waals surface area contributed by atoms with Crippen molar-refractivity contribution in [2.75, 3.05) is 25.6 Å². The molecule has 0 bridgehead atoms. The standard InChI is InChI=1S/C12H22N4O2S/c1-10(2)16(3)9-8-14-19(17,18)12-6-4-11(15-13)5-7-12/h4-7,10,14-15H,8-9,13H2,1-3H3. The fourth-order valence-electron chi connectivity index (χ4n) is 1.43. The van der Waals surface area contributed by atoms with Crippen LogP contribution in [0.4, 0.5) is 5.69 Å². The van der Waals surface area contributed by atoms with Crippen LogP contribution < -0.4 is 16.0 Å². The van der Waals surface area contributed by atoms with Crippen molar-refractivity contribution in [2.45, 2.75) is 24.8 Å². The summed E-state index contributed by atoms with van der Waals surface area (Å²) in [4.78, 5) is 2.31. The maximum absolute atomic E-state index is 12.0. The lowest BCUT2D eigenvalue weighted by atomic mass is 10.3. The number of hydrogen-bond acceptors (Lipinski definition) is 5. The minimum Gasteiger partial charge on any atom is -0.324 e. The second-order valence-electron chi connectivity index (χ2n) is 4.64. The summed E-state index contributed by atoms with van der Waals surface area (Å²) < 4.78 is 26.6. The first-order valence-electron chi connectivity index (χ1n) is 6.13. The highest BCUT2D eigenvalue weighted by Crippen LogP contribution is 2.12. The maximum atomic E-state index is 12.0. The predicted octanol–water partition coefficient (Wildman–Crippen LogP) is 0.591. The highest BCUT2D eigenvalue weighted by molar-refractivity contribution is 7.89. The summed E-state index contributed by atoms with van der Waals surface area (Å²) in [7, 11) is -1.49. The van der Waals surface area contributed by atoms with Crippen LogP contribution in [0.1, 0.15) is 13.8 Å². The molecule has 0 saturated heterocycles. The van der Waals surface area contributed by atoms with E-state index >= 15 is 0 Å². The zero-order valence-electron chi connectivity index (χ0n) is 11.6. The minimum absolute atomic E-state index is 0.235. The fraction of sp³-hybridized carbons (Fsp3) is 0.500. The Morgan fingerprint density at radius 1 is 1.26 bits per heavy atom. The first-order chi connectivity index (χ1) is 8.86. The molecular formula is C12H22N4O2S. The van der Waals surface area contributed by atoms with E-state index in [9.17, 15) is 8.42 Å². The number of likely N-dealkylation sites (N-methyl/N-ethyl adjacent to an activating group) is 1. The Morgan fingerprint density at radius 3 is 2.32 bits per heavy atom. The molecule has 0 unspecified atom stereocenters. The van der Waals surface area contributed by atoms with Gasteiger partial charge in [0.15, 0.2) is 0 Å². The van der Waals surface area contributed by atoms with Crippen molar-refractivity contribution in [3.63, 3.8) is 0 Å². The zero-order valence-corrected chi connectivity index (χ0v) is 12.4. The lowest BCUT2D eigenvalue weighted by Gasteiger charge is -2.20. The third kappa shape index (κ3) is 4.79. The fourth-order valence-corrected chi connectivity index (χ4v) is 2.45. The second-order valence-corrected chi connectivity index (χ2v) is 6.41. The Bertz CT molecular complexity index is 485. The smallest absolute Gasteiger partial charge is 0.240 e. The topological polar surface area (TPSA) is 87.5 Å². The third-order valence-corrected chi connectivity index (χ3v) is 4.45. The van der Waals surface area contributed by atoms with Crippen LogP contribution in [0, 0.1) is 0 Å². The number of nitrogen functional groups attached to an aromatic ring is 1. The first-order valence-corrected chi connectivity index (χ1v) is 7.61. The zero-order chi connectivity index (χ0) is 14.5. The van der Waals surface area contributed by atoms with Crippen molar-refractivity contribution in [3.05, 3.63) is 24.3 Å². The molecule has 1 aromatic carbocycles. The number of nitrogens with zero attached hydrogens (tertiary/aromatic N) is 1. The molecule has 0 saturated carbocycles. The number of anilines is 1. The molecule has 4 N–H and O–H groups in total. The summed E-state index contributed by atoms with van der Waals surface area (Å²) in [5, 5.41) is 0. The largest absolute Gasteiger partial charge is 0.324 e. The molecule has 6 nitrogen and oxygen atoms in total. The highest BCUT2D eigenvalue weighted by Gasteiger charge is 2.13. The van der Waals surface area contributed by atoms with E-state index in [-0.39, 0.29) is 4.90 Å². The lowest BCUT2D eigenvalue weighted by molar-refractivity contribution is 0.278. The van der Waals surface area contributed by atoms with E-state index in [4.69, 9.17) is 5.84 Å². The average Bonchev–Trinajstić information content (AvgIpc) is 2.38. The van der Waals surface area contributed by atoms with Crippen molar-refractivity contribution < 1.29 is 8.42 Å². The summed E-state index contributed by atoms with van der Waals surface area (Å²) >= 11 is 0. The molecule has 0 aliphatic heterocycles. The van der Waals surface area contributed by atoms with Crippen molar-refractivity contribution >= 4 is 15.7 Å². The van der Waals surface area contributed by atoms with Crippen LogP contribution in [0.5, 0.6) is 0 Å². The van der Waals surface area contributed by atoms with E-state index in [1.54, 1.807) is 12.1 Å². The van der Waals surface area contributed by atoms with Gasteiger partial charge < -0.3 is 10.3 Å². The van der Waals surface area contributed by atoms with Gasteiger partial charge in [-0.2, -0.15) is 0 Å². The Balaban J connectivity index is 2.60. The summed E-state index contributed by atoms with van der Waals surface area (Å²) in [6.45, 7) is 5.17. The predicted molar refractivity (Wildman–Crippen MR) is 77.2 cm³/mol. The van der Waals surface area contributed by atoms with Crippen molar-refractivity contribution in [3.8, 4) is 0 Å². The Morgan fingerprint density at radius 2 is 1.84 bits per heavy atom. The summed E-state index contributed by atoms with van der Waals surface area (Å²) in [6.07, 6.45) is 0. The van der Waals surface area contributed by atoms with E-state index in [0.29, 0.717) is 24.8 Å². The number of benzene rings is 1. The van der Waals surface area contributed by atoms with E-state index in [2.05, 4.69) is 28.9 Å². The van der Waals surface area contributed by atoms with Gasteiger partial charge in [0.25, 0.3) is 0 Å². The van der Waals surface area contributed by atoms with Crippen molar-refractivity contribution in [1.29, 1.82) is 0 Å². The van der Waals surface area contributed by atoms with Gasteiger partial charge in [-0.25, -0.2) is 13.1 Å². The first kappa shape index (κ1) is 15.9. The van der Waals surface area contributed by atoms with Crippen LogP contribution in [-0.4, -0.2) is 39.5 Å². The number of nitrogens with one attached hydrogen (secondary N) is 2. The molecule has 0 fully saturated rings. The number of rotatable bonds is 7. The Kier molecular flexibility index (Phi) is 5.74. The van der Waals surface area contributed by atoms with Gasteiger partial charge in [0, 0.05) is 24.8 Å². The molecule has 19 heavy (non-hydrogen) atoms. The molecule has 108 valence electrons. The van der Waals surface area contributed by atoms with Gasteiger partial charge in [0.1, 0.15) is 0 Å². The molecular weight excluding hydrogens is 264 g/mol. The molecule has 0 heterocycles. The van der Waals surface area contributed by atoms with Crippen molar-refractivity contribution in [2.24, 2.45) is 5.84 Å². The van der Waals surface area contributed by atoms with Crippen LogP contribution in [0.3, 0.4) is 0 Å². The molecule has 0 aliphatic carbocycles. The van der Waals surface area contributed by atoms with Gasteiger partial charge in [-0.1, -0.05) is 0 Å². The van der Waals surface area contributed by atoms with Gasteiger partial charge in [-0.3, -0.25) is 5.84 Å². The molecule has 0 amide bonds. The molecule has 0 aromatic heterocycles. The third-order valence-electron chi connectivity index (χ3n) is 2.97. The summed E-state index contributed by atoms with van der Waals surface area (Å²) in [5.74, 6) is 5.23. The summed E-state index contributed by atoms with van der Waals surface area (Å²) in [6, 6.07) is 6.66. The minimum atomic E-state index is -3.45. The van der Waals surface area contributed by atoms with Gasteiger partial charge >= 0.3 is 0 Å². The number of nitrogens with two attached hydrogens (primary N) is 1. The van der Waals surface area contributed by atoms with E-state index in [1.165, 1.54) is 12.1 Å². The molecule has 7 heteroatoms. The maximum Gasteiger partial charge on any atom is 0.240 e. The Labute approximate surface area is 115 Å². The highest BCUT2D eigenvalue weighted by atomic mass is 32.2. The van der Waals surface area contributed by atoms with Gasteiger partial charge in [-0.05, 0) is 45.2 Å². The van der Waals surface area contributed by atoms with E-state index in [1.807, 2.05) is 7.05 Å². The van der Waals surface area contributed by atoms with Gasteiger partial charge in [0.2, 0.25) is 10.0 Å². The molecule has 1 aromatic rings. The SMILES string of the molecule is CC(C)N(C)CCNS(=O)(=O)c1ccc(NN)cc1. The van der Waals surface area contributed by atoms with E-state index < -0.39 is 10.0 Å². The second kappa shape index (κ2) is 6.85. The van der Waals surface area contributed by atoms with E-state index in [0.717, 1.165) is 0 Å². The molecule has 0 aliphatic rings. The average molecular weight is 286 g/mol. The molecule has 0 atom stereocenters. The van der Waals surface area contributed by atoms with Crippen LogP contribution in [-0.2, 0) is 10.0 Å². The number of sulfonamides is 1. The summed E-state index contributed by atoms with van der Waals surface area (Å²) in [5.41, 5.74) is 3.12. The van der Waals surface area contributed by atoms with Gasteiger partial charge in [0.05, 0.1) is 4.90 Å².